The monoisotopic (exact) mass is 277 g/mol. The van der Waals surface area contributed by atoms with Crippen molar-refractivity contribution < 1.29 is 9.53 Å². The number of halogens is 1. The van der Waals surface area contributed by atoms with E-state index in [9.17, 15) is 4.79 Å². The molecule has 3 nitrogen and oxygen atoms in total. The Morgan fingerprint density at radius 2 is 1.95 bits per heavy atom. The maximum absolute atomic E-state index is 11.5. The first-order chi connectivity index (χ1) is 9.22. The zero-order chi connectivity index (χ0) is 13.7. The summed E-state index contributed by atoms with van der Waals surface area (Å²) in [7, 11) is 0. The molecule has 0 bridgehead atoms. The summed E-state index contributed by atoms with van der Waals surface area (Å²) in [5, 5.41) is 5.29. The Bertz CT molecular complexity index is 583. The van der Waals surface area contributed by atoms with Crippen molar-refractivity contribution in [3.05, 3.63) is 41.4 Å². The number of ether oxygens (including phenoxy) is 1. The molecule has 0 aliphatic rings. The molecule has 0 atom stereocenters. The lowest BCUT2D eigenvalue weighted by Crippen LogP contribution is -2.29. The van der Waals surface area contributed by atoms with E-state index in [1.165, 1.54) is 0 Å². The fraction of sp³-hybridized carbons (Fsp3) is 0.267. The van der Waals surface area contributed by atoms with Crippen LogP contribution in [0.25, 0.3) is 10.8 Å². The lowest BCUT2D eigenvalue weighted by Gasteiger charge is -2.10. The van der Waals surface area contributed by atoms with Crippen LogP contribution in [0.15, 0.2) is 36.4 Å². The largest absolute Gasteiger partial charge is 0.483 e. The van der Waals surface area contributed by atoms with Crippen LogP contribution in [0, 0.1) is 0 Å². The van der Waals surface area contributed by atoms with Gasteiger partial charge in [0.15, 0.2) is 6.61 Å². The van der Waals surface area contributed by atoms with Gasteiger partial charge in [-0.1, -0.05) is 42.8 Å². The molecule has 19 heavy (non-hydrogen) atoms. The van der Waals surface area contributed by atoms with Gasteiger partial charge in [-0.25, -0.2) is 0 Å². The van der Waals surface area contributed by atoms with Crippen molar-refractivity contribution in [3.63, 3.8) is 0 Å². The zero-order valence-electron chi connectivity index (χ0n) is 10.8. The topological polar surface area (TPSA) is 38.3 Å². The van der Waals surface area contributed by atoms with E-state index in [4.69, 9.17) is 16.3 Å². The van der Waals surface area contributed by atoms with Crippen molar-refractivity contribution in [2.75, 3.05) is 13.2 Å². The predicted octanol–water partition coefficient (Wildman–Crippen LogP) is 3.40. The van der Waals surface area contributed by atoms with Crippen LogP contribution in [0.2, 0.25) is 5.02 Å². The van der Waals surface area contributed by atoms with Crippen molar-refractivity contribution in [1.29, 1.82) is 0 Å². The quantitative estimate of drug-likeness (QED) is 0.910. The van der Waals surface area contributed by atoms with Crippen LogP contribution < -0.4 is 10.1 Å². The molecule has 0 heterocycles. The van der Waals surface area contributed by atoms with E-state index in [-0.39, 0.29) is 12.5 Å². The number of fused-ring (bicyclic) bond motifs is 1. The molecule has 0 radical (unpaired) electrons. The molecule has 4 heteroatoms. The van der Waals surface area contributed by atoms with Gasteiger partial charge in [-0.2, -0.15) is 0 Å². The Balaban J connectivity index is 2.13. The second-order valence-electron chi connectivity index (χ2n) is 4.23. The molecule has 0 aromatic heterocycles. The molecule has 0 saturated heterocycles. The molecule has 0 aliphatic heterocycles. The third-order valence-corrected chi connectivity index (χ3v) is 3.09. The molecule has 0 saturated carbocycles. The Kier molecular flexibility index (Phi) is 4.63. The molecule has 1 amide bonds. The van der Waals surface area contributed by atoms with Crippen molar-refractivity contribution in [2.24, 2.45) is 0 Å². The summed E-state index contributed by atoms with van der Waals surface area (Å²) < 4.78 is 5.56. The molecule has 0 spiro atoms. The van der Waals surface area contributed by atoms with Crippen molar-refractivity contribution in [2.45, 2.75) is 13.3 Å². The highest BCUT2D eigenvalue weighted by Gasteiger charge is 2.07. The van der Waals surface area contributed by atoms with Gasteiger partial charge in [0.1, 0.15) is 5.75 Å². The van der Waals surface area contributed by atoms with Gasteiger partial charge in [-0.3, -0.25) is 4.79 Å². The minimum atomic E-state index is -0.110. The van der Waals surface area contributed by atoms with Gasteiger partial charge in [-0.05, 0) is 18.6 Å². The summed E-state index contributed by atoms with van der Waals surface area (Å²) in [6.07, 6.45) is 0.912. The third-order valence-electron chi connectivity index (χ3n) is 2.76. The van der Waals surface area contributed by atoms with Gasteiger partial charge in [0, 0.05) is 22.3 Å². The SMILES string of the molecule is CCCNC(=O)COc1ccc(Cl)c2ccccc12. The lowest BCUT2D eigenvalue weighted by molar-refractivity contribution is -0.123. The summed E-state index contributed by atoms with van der Waals surface area (Å²) in [5.74, 6) is 0.563. The van der Waals surface area contributed by atoms with Crippen LogP contribution in [-0.4, -0.2) is 19.1 Å². The van der Waals surface area contributed by atoms with Crippen molar-refractivity contribution >= 4 is 28.3 Å². The first-order valence-electron chi connectivity index (χ1n) is 6.29. The van der Waals surface area contributed by atoms with Crippen LogP contribution in [-0.2, 0) is 4.79 Å². The lowest BCUT2D eigenvalue weighted by atomic mass is 10.1. The van der Waals surface area contributed by atoms with Crippen LogP contribution >= 0.6 is 11.6 Å². The molecule has 100 valence electrons. The minimum absolute atomic E-state index is 0.0195. The van der Waals surface area contributed by atoms with Gasteiger partial charge < -0.3 is 10.1 Å². The fourth-order valence-electron chi connectivity index (χ4n) is 1.82. The smallest absolute Gasteiger partial charge is 0.257 e. The predicted molar refractivity (Wildman–Crippen MR) is 77.8 cm³/mol. The number of hydrogen-bond donors (Lipinski definition) is 1. The summed E-state index contributed by atoms with van der Waals surface area (Å²) in [6.45, 7) is 2.70. The first kappa shape index (κ1) is 13.7. The standard InChI is InChI=1S/C15H16ClNO2/c1-2-9-17-15(18)10-19-14-8-7-13(16)11-5-3-4-6-12(11)14/h3-8H,2,9-10H2,1H3,(H,17,18). The molecule has 0 aliphatic carbocycles. The summed E-state index contributed by atoms with van der Waals surface area (Å²) >= 11 is 6.13. The Morgan fingerprint density at radius 1 is 1.21 bits per heavy atom. The Morgan fingerprint density at radius 3 is 2.68 bits per heavy atom. The third kappa shape index (κ3) is 3.38. The Hall–Kier alpha value is -1.74. The van der Waals surface area contributed by atoms with E-state index in [0.717, 1.165) is 17.2 Å². The molecule has 1 N–H and O–H groups in total. The van der Waals surface area contributed by atoms with Gasteiger partial charge in [0.05, 0.1) is 0 Å². The maximum atomic E-state index is 11.5. The number of rotatable bonds is 5. The van der Waals surface area contributed by atoms with E-state index in [1.807, 2.05) is 31.2 Å². The Labute approximate surface area is 117 Å². The summed E-state index contributed by atoms with van der Waals surface area (Å²) in [4.78, 5) is 11.5. The van der Waals surface area contributed by atoms with Crippen molar-refractivity contribution in [3.8, 4) is 5.75 Å². The van der Waals surface area contributed by atoms with Crippen molar-refractivity contribution in [1.82, 2.24) is 5.32 Å². The number of amides is 1. The first-order valence-corrected chi connectivity index (χ1v) is 6.67. The number of carbonyl (C=O) groups is 1. The highest BCUT2D eigenvalue weighted by Crippen LogP contribution is 2.31. The molecule has 2 aromatic rings. The van der Waals surface area contributed by atoms with Crippen LogP contribution in [0.1, 0.15) is 13.3 Å². The molecule has 2 aromatic carbocycles. The number of carbonyl (C=O) groups excluding carboxylic acids is 1. The van der Waals surface area contributed by atoms with Gasteiger partial charge in [0.25, 0.3) is 5.91 Å². The van der Waals surface area contributed by atoms with E-state index >= 15 is 0 Å². The molecule has 0 unspecified atom stereocenters. The van der Waals surface area contributed by atoms with Crippen LogP contribution in [0.5, 0.6) is 5.75 Å². The average Bonchev–Trinajstić information content (AvgIpc) is 2.45. The summed E-state index contributed by atoms with van der Waals surface area (Å²) in [6, 6.07) is 11.3. The molecule has 2 rings (SSSR count). The number of nitrogens with one attached hydrogen (secondary N) is 1. The van der Waals surface area contributed by atoms with E-state index in [1.54, 1.807) is 12.1 Å². The number of benzene rings is 2. The second kappa shape index (κ2) is 6.43. The van der Waals surface area contributed by atoms with E-state index in [2.05, 4.69) is 5.32 Å². The normalized spacial score (nSPS) is 10.4. The minimum Gasteiger partial charge on any atom is -0.483 e. The zero-order valence-corrected chi connectivity index (χ0v) is 11.5. The van der Waals surface area contributed by atoms with E-state index in [0.29, 0.717) is 17.3 Å². The molecular weight excluding hydrogens is 262 g/mol. The fourth-order valence-corrected chi connectivity index (χ4v) is 2.05. The number of hydrogen-bond acceptors (Lipinski definition) is 2. The van der Waals surface area contributed by atoms with Crippen LogP contribution in [0.4, 0.5) is 0 Å². The van der Waals surface area contributed by atoms with Gasteiger partial charge in [-0.15, -0.1) is 0 Å². The average molecular weight is 278 g/mol. The highest BCUT2D eigenvalue weighted by molar-refractivity contribution is 6.35. The molecular formula is C15H16ClNO2. The highest BCUT2D eigenvalue weighted by atomic mass is 35.5. The molecule has 0 fully saturated rings. The second-order valence-corrected chi connectivity index (χ2v) is 4.64. The maximum Gasteiger partial charge on any atom is 0.257 e. The van der Waals surface area contributed by atoms with Gasteiger partial charge in [0.2, 0.25) is 0 Å². The van der Waals surface area contributed by atoms with Crippen LogP contribution in [0.3, 0.4) is 0 Å². The summed E-state index contributed by atoms with van der Waals surface area (Å²) in [5.41, 5.74) is 0. The van der Waals surface area contributed by atoms with E-state index < -0.39 is 0 Å². The van der Waals surface area contributed by atoms with Gasteiger partial charge >= 0.3 is 0 Å².